The fraction of sp³-hybridized carbons (Fsp3) is 0.111. The van der Waals surface area contributed by atoms with Gasteiger partial charge in [0.05, 0.1) is 12.0 Å². The molecule has 124 valence electrons. The number of hydrogen-bond donors (Lipinski definition) is 1. The number of methoxy groups -OCH3 is 1. The lowest BCUT2D eigenvalue weighted by atomic mass is 9.97. The van der Waals surface area contributed by atoms with E-state index in [0.717, 1.165) is 21.9 Å². The van der Waals surface area contributed by atoms with Crippen LogP contribution in [0.25, 0.3) is 10.8 Å². The highest BCUT2D eigenvalue weighted by Gasteiger charge is 2.13. The summed E-state index contributed by atoms with van der Waals surface area (Å²) in [4.78, 5) is 0.0629. The normalized spacial score (nSPS) is 11.6. The zero-order chi connectivity index (χ0) is 17.3. The third-order valence-electron chi connectivity index (χ3n) is 3.90. The molecule has 0 radical (unpaired) electrons. The maximum Gasteiger partial charge on any atom is 0.238 e. The maximum atomic E-state index is 13.1. The number of nitrogens with two attached hydrogens (primary N) is 1. The lowest BCUT2D eigenvalue weighted by molar-refractivity contribution is 0.411. The Morgan fingerprint density at radius 2 is 1.75 bits per heavy atom. The van der Waals surface area contributed by atoms with E-state index in [1.165, 1.54) is 24.3 Å². The van der Waals surface area contributed by atoms with E-state index >= 15 is 0 Å². The third kappa shape index (κ3) is 3.25. The highest BCUT2D eigenvalue weighted by Crippen LogP contribution is 2.31. The SMILES string of the molecule is COc1ccc2cc(S(N)(=O)=O)ccc2c1Cc1ccc(F)cc1. The van der Waals surface area contributed by atoms with Crippen molar-refractivity contribution in [3.05, 3.63) is 71.5 Å². The number of halogens is 1. The van der Waals surface area contributed by atoms with Crippen molar-refractivity contribution in [1.82, 2.24) is 0 Å². The molecule has 0 aliphatic rings. The van der Waals surface area contributed by atoms with Gasteiger partial charge in [-0.3, -0.25) is 0 Å². The largest absolute Gasteiger partial charge is 0.496 e. The zero-order valence-electron chi connectivity index (χ0n) is 13.0. The number of benzene rings is 3. The van der Waals surface area contributed by atoms with Gasteiger partial charge in [0.2, 0.25) is 10.0 Å². The first-order valence-corrected chi connectivity index (χ1v) is 8.80. The molecule has 0 atom stereocenters. The molecule has 2 N–H and O–H groups in total. The zero-order valence-corrected chi connectivity index (χ0v) is 13.8. The van der Waals surface area contributed by atoms with E-state index in [0.29, 0.717) is 12.2 Å². The van der Waals surface area contributed by atoms with Crippen LogP contribution in [-0.2, 0) is 16.4 Å². The molecule has 3 aromatic carbocycles. The summed E-state index contributed by atoms with van der Waals surface area (Å²) in [5.74, 6) is 0.400. The van der Waals surface area contributed by atoms with Gasteiger partial charge in [0.15, 0.2) is 0 Å². The molecule has 3 rings (SSSR count). The van der Waals surface area contributed by atoms with Gasteiger partial charge in [0.25, 0.3) is 0 Å². The van der Waals surface area contributed by atoms with Crippen LogP contribution in [0.15, 0.2) is 59.5 Å². The van der Waals surface area contributed by atoms with E-state index in [4.69, 9.17) is 9.88 Å². The van der Waals surface area contributed by atoms with Crippen LogP contribution in [0.1, 0.15) is 11.1 Å². The maximum absolute atomic E-state index is 13.1. The average molecular weight is 345 g/mol. The fourth-order valence-electron chi connectivity index (χ4n) is 2.71. The van der Waals surface area contributed by atoms with E-state index in [1.807, 2.05) is 0 Å². The molecule has 4 nitrogen and oxygen atoms in total. The van der Waals surface area contributed by atoms with Gasteiger partial charge < -0.3 is 4.74 Å². The van der Waals surface area contributed by atoms with Gasteiger partial charge in [-0.05, 0) is 46.7 Å². The van der Waals surface area contributed by atoms with Gasteiger partial charge in [-0.15, -0.1) is 0 Å². The Morgan fingerprint density at radius 3 is 2.38 bits per heavy atom. The van der Waals surface area contributed by atoms with Crippen molar-refractivity contribution >= 4 is 20.8 Å². The van der Waals surface area contributed by atoms with Crippen LogP contribution in [0.4, 0.5) is 4.39 Å². The molecule has 0 heterocycles. The third-order valence-corrected chi connectivity index (χ3v) is 4.81. The smallest absolute Gasteiger partial charge is 0.238 e. The molecule has 0 aliphatic heterocycles. The minimum Gasteiger partial charge on any atom is -0.496 e. The second-order valence-corrected chi connectivity index (χ2v) is 7.04. The predicted octanol–water partition coefficient (Wildman–Crippen LogP) is 3.23. The summed E-state index contributed by atoms with van der Waals surface area (Å²) < 4.78 is 41.6. The first-order chi connectivity index (χ1) is 11.4. The van der Waals surface area contributed by atoms with Gasteiger partial charge in [0.1, 0.15) is 11.6 Å². The molecule has 0 aliphatic carbocycles. The summed E-state index contributed by atoms with van der Waals surface area (Å²) in [5, 5.41) is 6.81. The van der Waals surface area contributed by atoms with E-state index in [2.05, 4.69) is 0 Å². The van der Waals surface area contributed by atoms with Crippen molar-refractivity contribution in [2.24, 2.45) is 5.14 Å². The fourth-order valence-corrected chi connectivity index (χ4v) is 3.26. The number of fused-ring (bicyclic) bond motifs is 1. The van der Waals surface area contributed by atoms with Crippen molar-refractivity contribution in [3.8, 4) is 5.75 Å². The van der Waals surface area contributed by atoms with E-state index in [9.17, 15) is 12.8 Å². The van der Waals surface area contributed by atoms with Crippen LogP contribution >= 0.6 is 0 Å². The Balaban J connectivity index is 2.15. The predicted molar refractivity (Wildman–Crippen MR) is 91.1 cm³/mol. The summed E-state index contributed by atoms with van der Waals surface area (Å²) in [7, 11) is -2.18. The van der Waals surface area contributed by atoms with Crippen LogP contribution in [0.5, 0.6) is 5.75 Å². The number of rotatable bonds is 4. The molecule has 0 aromatic heterocycles. The summed E-state index contributed by atoms with van der Waals surface area (Å²) in [6, 6.07) is 14.6. The van der Waals surface area contributed by atoms with Gasteiger partial charge >= 0.3 is 0 Å². The Hall–Kier alpha value is -2.44. The summed E-state index contributed by atoms with van der Waals surface area (Å²) in [5.41, 5.74) is 1.83. The number of ether oxygens (including phenoxy) is 1. The molecule has 0 unspecified atom stereocenters. The highest BCUT2D eigenvalue weighted by molar-refractivity contribution is 7.89. The van der Waals surface area contributed by atoms with Gasteiger partial charge in [-0.2, -0.15) is 0 Å². The van der Waals surface area contributed by atoms with Gasteiger partial charge in [-0.1, -0.05) is 24.3 Å². The Kier molecular flexibility index (Phi) is 4.26. The summed E-state index contributed by atoms with van der Waals surface area (Å²) in [6.07, 6.45) is 0.537. The Labute approximate surface area is 139 Å². The highest BCUT2D eigenvalue weighted by atomic mass is 32.2. The van der Waals surface area contributed by atoms with Crippen LogP contribution in [-0.4, -0.2) is 15.5 Å². The van der Waals surface area contributed by atoms with E-state index in [-0.39, 0.29) is 10.7 Å². The van der Waals surface area contributed by atoms with E-state index in [1.54, 1.807) is 37.4 Å². The molecule has 0 saturated carbocycles. The summed E-state index contributed by atoms with van der Waals surface area (Å²) in [6.45, 7) is 0. The number of primary sulfonamides is 1. The van der Waals surface area contributed by atoms with Crippen molar-refractivity contribution in [3.63, 3.8) is 0 Å². The standard InChI is InChI=1S/C18H16FNO3S/c1-23-18-9-4-13-11-15(24(20,21)22)7-8-16(13)17(18)10-12-2-5-14(19)6-3-12/h2-9,11H,10H2,1H3,(H2,20,21,22). The molecule has 0 saturated heterocycles. The molecule has 3 aromatic rings. The van der Waals surface area contributed by atoms with E-state index < -0.39 is 10.0 Å². The average Bonchev–Trinajstić information content (AvgIpc) is 2.56. The van der Waals surface area contributed by atoms with Crippen LogP contribution in [0.3, 0.4) is 0 Å². The van der Waals surface area contributed by atoms with Crippen LogP contribution < -0.4 is 9.88 Å². The molecule has 0 spiro atoms. The monoisotopic (exact) mass is 345 g/mol. The van der Waals surface area contributed by atoms with Crippen molar-refractivity contribution in [2.45, 2.75) is 11.3 Å². The minimum atomic E-state index is -3.76. The first kappa shape index (κ1) is 16.4. The molecule has 0 bridgehead atoms. The molecule has 6 heteroatoms. The second kappa shape index (κ2) is 6.22. The topological polar surface area (TPSA) is 69.4 Å². The lowest BCUT2D eigenvalue weighted by Gasteiger charge is -2.13. The van der Waals surface area contributed by atoms with Crippen LogP contribution in [0.2, 0.25) is 0 Å². The first-order valence-electron chi connectivity index (χ1n) is 7.25. The summed E-state index contributed by atoms with van der Waals surface area (Å²) >= 11 is 0. The molecule has 0 fully saturated rings. The Morgan fingerprint density at radius 1 is 1.04 bits per heavy atom. The quantitative estimate of drug-likeness (QED) is 0.789. The van der Waals surface area contributed by atoms with Crippen molar-refractivity contribution < 1.29 is 17.5 Å². The van der Waals surface area contributed by atoms with Gasteiger partial charge in [-0.25, -0.2) is 17.9 Å². The minimum absolute atomic E-state index is 0.0629. The molecule has 24 heavy (non-hydrogen) atoms. The molecular formula is C18H16FNO3S. The van der Waals surface area contributed by atoms with Crippen LogP contribution in [0, 0.1) is 5.82 Å². The Bertz CT molecular complexity index is 999. The molecule has 0 amide bonds. The molecular weight excluding hydrogens is 329 g/mol. The van der Waals surface area contributed by atoms with Crippen molar-refractivity contribution in [1.29, 1.82) is 0 Å². The lowest BCUT2D eigenvalue weighted by Crippen LogP contribution is -2.11. The van der Waals surface area contributed by atoms with Crippen molar-refractivity contribution in [2.75, 3.05) is 7.11 Å². The number of sulfonamides is 1. The van der Waals surface area contributed by atoms with Gasteiger partial charge in [0, 0.05) is 12.0 Å². The number of hydrogen-bond acceptors (Lipinski definition) is 3. The second-order valence-electron chi connectivity index (χ2n) is 5.48.